The van der Waals surface area contributed by atoms with Gasteiger partial charge in [-0.2, -0.15) is 5.10 Å². The van der Waals surface area contributed by atoms with Crippen LogP contribution in [0.5, 0.6) is 0 Å². The molecule has 0 aliphatic heterocycles. The summed E-state index contributed by atoms with van der Waals surface area (Å²) in [6.07, 6.45) is 5.29. The molecule has 0 spiro atoms. The van der Waals surface area contributed by atoms with Crippen molar-refractivity contribution < 1.29 is 4.21 Å². The topological polar surface area (TPSA) is 73.3 Å². The third-order valence-corrected chi connectivity index (χ3v) is 5.39. The molecule has 2 unspecified atom stereocenters. The van der Waals surface area contributed by atoms with Gasteiger partial charge < -0.3 is 0 Å². The van der Waals surface area contributed by atoms with Crippen LogP contribution in [0.1, 0.15) is 38.2 Å². The number of imidazole rings is 1. The van der Waals surface area contributed by atoms with Crippen LogP contribution >= 0.6 is 0 Å². The molecule has 0 saturated heterocycles. The van der Waals surface area contributed by atoms with Crippen molar-refractivity contribution in [2.45, 2.75) is 37.9 Å². The summed E-state index contributed by atoms with van der Waals surface area (Å²) in [4.78, 5) is 4.36. The number of hydrogen-bond acceptors (Lipinski definition) is 3. The molecule has 3 atom stereocenters. The summed E-state index contributed by atoms with van der Waals surface area (Å²) in [7, 11) is -1.32. The van der Waals surface area contributed by atoms with E-state index in [0.29, 0.717) is 0 Å². The van der Waals surface area contributed by atoms with Gasteiger partial charge in [-0.1, -0.05) is 37.3 Å². The number of aromatic nitrogens is 3. The Morgan fingerprint density at radius 3 is 2.71 bits per heavy atom. The lowest BCUT2D eigenvalue weighted by Gasteiger charge is -2.21. The average molecular weight is 342 g/mol. The molecule has 0 aliphatic rings. The molecule has 0 saturated carbocycles. The van der Waals surface area contributed by atoms with Crippen molar-refractivity contribution in [3.63, 3.8) is 0 Å². The van der Waals surface area contributed by atoms with Crippen molar-refractivity contribution in [3.8, 4) is 11.3 Å². The summed E-state index contributed by atoms with van der Waals surface area (Å²) in [6.45, 7) is 4.07. The molecular formula is C18H22N4OS. The first-order chi connectivity index (χ1) is 11.6. The number of nitrogens with zero attached hydrogens (tertiary/aromatic N) is 3. The molecule has 0 fully saturated rings. The van der Waals surface area contributed by atoms with Gasteiger partial charge in [0.1, 0.15) is 0 Å². The molecule has 0 amide bonds. The Labute approximate surface area is 144 Å². The third-order valence-electron chi connectivity index (χ3n) is 4.41. The fourth-order valence-electron chi connectivity index (χ4n) is 3.01. The zero-order chi connectivity index (χ0) is 17.1. The first-order valence-corrected chi connectivity index (χ1v) is 9.42. The van der Waals surface area contributed by atoms with Gasteiger partial charge in [0.05, 0.1) is 16.7 Å². The molecule has 0 bridgehead atoms. The van der Waals surface area contributed by atoms with Crippen LogP contribution in [-0.4, -0.2) is 24.1 Å². The van der Waals surface area contributed by atoms with Crippen LogP contribution in [0, 0.1) is 0 Å². The number of rotatable bonds is 6. The summed E-state index contributed by atoms with van der Waals surface area (Å²) in [5, 5.41) is 10.3. The fraction of sp³-hybridized carbons (Fsp3) is 0.333. The molecule has 0 aliphatic carbocycles. The molecule has 2 N–H and O–H groups in total. The highest BCUT2D eigenvalue weighted by molar-refractivity contribution is 7.83. The normalized spacial score (nSPS) is 15.3. The maximum Gasteiger partial charge on any atom is 0.153 e. The third kappa shape index (κ3) is 3.39. The van der Waals surface area contributed by atoms with Gasteiger partial charge in [0.25, 0.3) is 0 Å². The van der Waals surface area contributed by atoms with E-state index in [-0.39, 0.29) is 11.2 Å². The Morgan fingerprint density at radius 2 is 2.04 bits per heavy atom. The monoisotopic (exact) mass is 342 g/mol. The van der Waals surface area contributed by atoms with Crippen LogP contribution in [0.4, 0.5) is 0 Å². The van der Waals surface area contributed by atoms with E-state index in [1.807, 2.05) is 31.3 Å². The Hall–Kier alpha value is -2.05. The first kappa shape index (κ1) is 16.8. The Kier molecular flexibility index (Phi) is 5.06. The van der Waals surface area contributed by atoms with Gasteiger partial charge in [-0.25, -0.2) is 13.7 Å². The zero-order valence-electron chi connectivity index (χ0n) is 13.9. The van der Waals surface area contributed by atoms with Crippen LogP contribution in [-0.2, 0) is 11.0 Å². The summed E-state index contributed by atoms with van der Waals surface area (Å²) in [5.41, 5.74) is 3.98. The van der Waals surface area contributed by atoms with Crippen LogP contribution < -0.4 is 5.14 Å². The predicted molar refractivity (Wildman–Crippen MR) is 97.9 cm³/mol. The van der Waals surface area contributed by atoms with Crippen molar-refractivity contribution >= 4 is 16.6 Å². The largest absolute Gasteiger partial charge is 0.252 e. The molecule has 2 heterocycles. The van der Waals surface area contributed by atoms with E-state index >= 15 is 0 Å². The number of fused-ring (bicyclic) bond motifs is 1. The van der Waals surface area contributed by atoms with Crippen LogP contribution in [0.25, 0.3) is 16.9 Å². The van der Waals surface area contributed by atoms with E-state index in [9.17, 15) is 4.21 Å². The SMILES string of the molecule is CC[C@@H](CC(C)S(N)=O)c1cc2nccn2nc1-c1ccccc1. The molecule has 3 rings (SSSR count). The molecule has 1 aromatic carbocycles. The van der Waals surface area contributed by atoms with E-state index < -0.39 is 11.0 Å². The van der Waals surface area contributed by atoms with Crippen LogP contribution in [0.3, 0.4) is 0 Å². The molecule has 3 aromatic rings. The molecule has 126 valence electrons. The van der Waals surface area contributed by atoms with E-state index in [2.05, 4.69) is 30.1 Å². The van der Waals surface area contributed by atoms with E-state index in [0.717, 1.165) is 35.3 Å². The molecular weight excluding hydrogens is 320 g/mol. The van der Waals surface area contributed by atoms with Gasteiger partial charge in [-0.15, -0.1) is 0 Å². The van der Waals surface area contributed by atoms with Crippen molar-refractivity contribution in [1.29, 1.82) is 0 Å². The summed E-state index contributed by atoms with van der Waals surface area (Å²) in [5.74, 6) is 0.233. The van der Waals surface area contributed by atoms with Gasteiger partial charge in [0, 0.05) is 23.2 Å². The van der Waals surface area contributed by atoms with Crippen molar-refractivity contribution in [2.75, 3.05) is 0 Å². The quantitative estimate of drug-likeness (QED) is 0.747. The van der Waals surface area contributed by atoms with Crippen molar-refractivity contribution in [2.24, 2.45) is 5.14 Å². The molecule has 5 nitrogen and oxygen atoms in total. The highest BCUT2D eigenvalue weighted by Crippen LogP contribution is 2.33. The zero-order valence-corrected chi connectivity index (χ0v) is 14.7. The minimum atomic E-state index is -1.32. The summed E-state index contributed by atoms with van der Waals surface area (Å²) in [6, 6.07) is 12.2. The maximum atomic E-state index is 11.6. The highest BCUT2D eigenvalue weighted by Gasteiger charge is 2.21. The van der Waals surface area contributed by atoms with Crippen molar-refractivity contribution in [3.05, 3.63) is 54.4 Å². The van der Waals surface area contributed by atoms with Crippen LogP contribution in [0.2, 0.25) is 0 Å². The fourth-order valence-corrected chi connectivity index (χ4v) is 3.43. The standard InChI is InChI=1S/C18H22N4OS/c1-3-14(11-13(2)24(19)23)16-12-17-20-9-10-22(17)21-18(16)15-7-5-4-6-8-15/h4-10,12-14H,3,11,19H2,1-2H3/t13?,14-,24?/m0/s1. The van der Waals surface area contributed by atoms with Crippen LogP contribution in [0.15, 0.2) is 48.8 Å². The van der Waals surface area contributed by atoms with Gasteiger partial charge in [0.15, 0.2) is 5.65 Å². The maximum absolute atomic E-state index is 11.6. The second kappa shape index (κ2) is 7.23. The molecule has 0 radical (unpaired) electrons. The Morgan fingerprint density at radius 1 is 1.29 bits per heavy atom. The van der Waals surface area contributed by atoms with Gasteiger partial charge in [-0.3, -0.25) is 5.14 Å². The number of hydrogen-bond donors (Lipinski definition) is 1. The van der Waals surface area contributed by atoms with E-state index in [1.165, 1.54) is 0 Å². The lowest BCUT2D eigenvalue weighted by atomic mass is 9.89. The summed E-state index contributed by atoms with van der Waals surface area (Å²) >= 11 is 0. The number of benzene rings is 1. The summed E-state index contributed by atoms with van der Waals surface area (Å²) < 4.78 is 13.4. The first-order valence-electron chi connectivity index (χ1n) is 8.14. The molecule has 6 heteroatoms. The van der Waals surface area contributed by atoms with E-state index in [4.69, 9.17) is 10.2 Å². The van der Waals surface area contributed by atoms with Gasteiger partial charge >= 0.3 is 0 Å². The second-order valence-corrected chi connectivity index (χ2v) is 7.49. The Bertz CT molecular complexity index is 847. The second-order valence-electron chi connectivity index (χ2n) is 6.02. The van der Waals surface area contributed by atoms with Crippen molar-refractivity contribution in [1.82, 2.24) is 14.6 Å². The number of nitrogens with two attached hydrogens (primary N) is 1. The molecule has 2 aromatic heterocycles. The lowest BCUT2D eigenvalue weighted by Crippen LogP contribution is -2.21. The highest BCUT2D eigenvalue weighted by atomic mass is 32.2. The minimum absolute atomic E-state index is 0.0606. The Balaban J connectivity index is 2.11. The smallest absolute Gasteiger partial charge is 0.153 e. The minimum Gasteiger partial charge on any atom is -0.252 e. The van der Waals surface area contributed by atoms with Gasteiger partial charge in [0.2, 0.25) is 0 Å². The average Bonchev–Trinajstić information content (AvgIpc) is 3.06. The van der Waals surface area contributed by atoms with E-state index in [1.54, 1.807) is 10.7 Å². The lowest BCUT2D eigenvalue weighted by molar-refractivity contribution is 0.587. The van der Waals surface area contributed by atoms with Gasteiger partial charge in [-0.05, 0) is 37.3 Å². The predicted octanol–water partition coefficient (Wildman–Crippen LogP) is 3.29. The molecule has 24 heavy (non-hydrogen) atoms.